The number of nitrogens with one attached hydrogen (secondary N) is 1. The lowest BCUT2D eigenvalue weighted by atomic mass is 10.2. The van der Waals surface area contributed by atoms with E-state index in [0.29, 0.717) is 5.69 Å². The van der Waals surface area contributed by atoms with Crippen molar-refractivity contribution in [1.29, 1.82) is 0 Å². The van der Waals surface area contributed by atoms with Crippen LogP contribution in [0.25, 0.3) is 10.9 Å². The normalized spacial score (nSPS) is 12.7. The maximum atomic E-state index is 13.2. The fraction of sp³-hybridized carbons (Fsp3) is 0.357. The Bertz CT molecular complexity index is 589. The zero-order valence-electron chi connectivity index (χ0n) is 10.8. The molecular formula is C14H17FN2O. The minimum Gasteiger partial charge on any atom is -0.348 e. The standard InChI is InChI=1S/C14H17FN2O/c1-4-9(2)16-14(18)13-7-10-5-6-11(15)8-12(10)17(13)3/h5-9H,4H2,1-3H3,(H,16,18). The summed E-state index contributed by atoms with van der Waals surface area (Å²) in [6, 6.07) is 6.44. The van der Waals surface area contributed by atoms with E-state index in [1.807, 2.05) is 13.8 Å². The molecule has 18 heavy (non-hydrogen) atoms. The molecule has 1 aromatic heterocycles. The van der Waals surface area contributed by atoms with Crippen LogP contribution in [0.5, 0.6) is 0 Å². The van der Waals surface area contributed by atoms with Crippen molar-refractivity contribution in [3.63, 3.8) is 0 Å². The molecule has 1 amide bonds. The molecule has 3 nitrogen and oxygen atoms in total. The van der Waals surface area contributed by atoms with Crippen LogP contribution < -0.4 is 5.32 Å². The molecule has 0 aliphatic rings. The average Bonchev–Trinajstić information content (AvgIpc) is 2.66. The van der Waals surface area contributed by atoms with Gasteiger partial charge in [0.25, 0.3) is 5.91 Å². The summed E-state index contributed by atoms with van der Waals surface area (Å²) in [5.74, 6) is -0.416. The molecule has 0 saturated carbocycles. The number of fused-ring (bicyclic) bond motifs is 1. The molecule has 0 aliphatic carbocycles. The number of halogens is 1. The predicted molar refractivity (Wildman–Crippen MR) is 70.1 cm³/mol. The molecule has 1 heterocycles. The second-order valence-electron chi connectivity index (χ2n) is 4.57. The molecule has 2 aromatic rings. The van der Waals surface area contributed by atoms with E-state index in [-0.39, 0.29) is 17.8 Å². The molecule has 0 radical (unpaired) electrons. The van der Waals surface area contributed by atoms with E-state index in [1.165, 1.54) is 12.1 Å². The average molecular weight is 248 g/mol. The molecule has 1 atom stereocenters. The Morgan fingerprint density at radius 1 is 1.44 bits per heavy atom. The number of rotatable bonds is 3. The van der Waals surface area contributed by atoms with Crippen LogP contribution >= 0.6 is 0 Å². The van der Waals surface area contributed by atoms with Crippen molar-refractivity contribution in [1.82, 2.24) is 9.88 Å². The fourth-order valence-electron chi connectivity index (χ4n) is 1.92. The summed E-state index contributed by atoms with van der Waals surface area (Å²) in [4.78, 5) is 12.1. The van der Waals surface area contributed by atoms with Gasteiger partial charge in [-0.15, -0.1) is 0 Å². The lowest BCUT2D eigenvalue weighted by Gasteiger charge is -2.11. The van der Waals surface area contributed by atoms with Crippen LogP contribution in [0.1, 0.15) is 30.8 Å². The number of aromatic nitrogens is 1. The molecule has 0 saturated heterocycles. The van der Waals surface area contributed by atoms with Gasteiger partial charge >= 0.3 is 0 Å². The number of carbonyl (C=O) groups is 1. The van der Waals surface area contributed by atoms with E-state index in [1.54, 1.807) is 23.7 Å². The van der Waals surface area contributed by atoms with Crippen LogP contribution in [-0.2, 0) is 7.05 Å². The molecule has 0 aliphatic heterocycles. The Labute approximate surface area is 106 Å². The summed E-state index contributed by atoms with van der Waals surface area (Å²) < 4.78 is 14.9. The Balaban J connectivity index is 2.40. The number of hydrogen-bond acceptors (Lipinski definition) is 1. The Morgan fingerprint density at radius 3 is 2.83 bits per heavy atom. The van der Waals surface area contributed by atoms with Crippen molar-refractivity contribution in [2.24, 2.45) is 7.05 Å². The Kier molecular flexibility index (Phi) is 3.36. The first-order chi connectivity index (χ1) is 8.52. The first-order valence-electron chi connectivity index (χ1n) is 6.08. The summed E-state index contributed by atoms with van der Waals surface area (Å²) in [6.45, 7) is 3.97. The highest BCUT2D eigenvalue weighted by molar-refractivity contribution is 5.98. The van der Waals surface area contributed by atoms with Crippen molar-refractivity contribution in [3.8, 4) is 0 Å². The van der Waals surface area contributed by atoms with E-state index >= 15 is 0 Å². The molecule has 4 heteroatoms. The molecule has 0 spiro atoms. The molecule has 2 rings (SSSR count). The minimum atomic E-state index is -0.294. The van der Waals surface area contributed by atoms with E-state index in [2.05, 4.69) is 5.32 Å². The van der Waals surface area contributed by atoms with Gasteiger partial charge in [0.2, 0.25) is 0 Å². The lowest BCUT2D eigenvalue weighted by Crippen LogP contribution is -2.33. The molecule has 0 fully saturated rings. The first kappa shape index (κ1) is 12.6. The summed E-state index contributed by atoms with van der Waals surface area (Å²) in [7, 11) is 1.77. The number of carbonyl (C=O) groups excluding carboxylic acids is 1. The monoisotopic (exact) mass is 248 g/mol. The quantitative estimate of drug-likeness (QED) is 0.890. The van der Waals surface area contributed by atoms with Gasteiger partial charge in [0, 0.05) is 18.5 Å². The van der Waals surface area contributed by atoms with Gasteiger partial charge < -0.3 is 9.88 Å². The van der Waals surface area contributed by atoms with Crippen LogP contribution in [0.15, 0.2) is 24.3 Å². The van der Waals surface area contributed by atoms with Gasteiger partial charge in [-0.2, -0.15) is 0 Å². The van der Waals surface area contributed by atoms with E-state index in [9.17, 15) is 9.18 Å². The number of amides is 1. The van der Waals surface area contributed by atoms with Crippen molar-refractivity contribution in [2.45, 2.75) is 26.3 Å². The largest absolute Gasteiger partial charge is 0.348 e. The van der Waals surface area contributed by atoms with Crippen LogP contribution in [-0.4, -0.2) is 16.5 Å². The minimum absolute atomic E-state index is 0.122. The van der Waals surface area contributed by atoms with Gasteiger partial charge in [0.15, 0.2) is 0 Å². The predicted octanol–water partition coefficient (Wildman–Crippen LogP) is 2.85. The zero-order chi connectivity index (χ0) is 13.3. The molecule has 96 valence electrons. The third-order valence-corrected chi connectivity index (χ3v) is 3.23. The second-order valence-corrected chi connectivity index (χ2v) is 4.57. The molecule has 1 N–H and O–H groups in total. The molecule has 1 aromatic carbocycles. The van der Waals surface area contributed by atoms with Gasteiger partial charge in [-0.3, -0.25) is 4.79 Å². The topological polar surface area (TPSA) is 34.0 Å². The Morgan fingerprint density at radius 2 is 2.17 bits per heavy atom. The van der Waals surface area contributed by atoms with Crippen LogP contribution in [0.2, 0.25) is 0 Å². The number of hydrogen-bond donors (Lipinski definition) is 1. The highest BCUT2D eigenvalue weighted by Crippen LogP contribution is 2.19. The van der Waals surface area contributed by atoms with E-state index in [4.69, 9.17) is 0 Å². The van der Waals surface area contributed by atoms with E-state index in [0.717, 1.165) is 17.3 Å². The van der Waals surface area contributed by atoms with Crippen molar-refractivity contribution in [2.75, 3.05) is 0 Å². The molecule has 0 bridgehead atoms. The zero-order valence-corrected chi connectivity index (χ0v) is 10.8. The summed E-state index contributed by atoms with van der Waals surface area (Å²) in [6.07, 6.45) is 0.879. The second kappa shape index (κ2) is 4.80. The first-order valence-corrected chi connectivity index (χ1v) is 6.08. The van der Waals surface area contributed by atoms with Crippen LogP contribution in [0, 0.1) is 5.82 Å². The van der Waals surface area contributed by atoms with Crippen molar-refractivity contribution in [3.05, 3.63) is 35.8 Å². The highest BCUT2D eigenvalue weighted by atomic mass is 19.1. The van der Waals surface area contributed by atoms with Crippen molar-refractivity contribution >= 4 is 16.8 Å². The van der Waals surface area contributed by atoms with Crippen LogP contribution in [0.4, 0.5) is 4.39 Å². The maximum Gasteiger partial charge on any atom is 0.268 e. The van der Waals surface area contributed by atoms with Crippen molar-refractivity contribution < 1.29 is 9.18 Å². The number of aryl methyl sites for hydroxylation is 1. The third kappa shape index (κ3) is 2.23. The summed E-state index contributed by atoms with van der Waals surface area (Å²) in [5.41, 5.74) is 1.28. The lowest BCUT2D eigenvalue weighted by molar-refractivity contribution is 0.0931. The van der Waals surface area contributed by atoms with Gasteiger partial charge in [-0.25, -0.2) is 4.39 Å². The summed E-state index contributed by atoms with van der Waals surface area (Å²) in [5, 5.41) is 3.78. The highest BCUT2D eigenvalue weighted by Gasteiger charge is 2.14. The summed E-state index contributed by atoms with van der Waals surface area (Å²) >= 11 is 0. The maximum absolute atomic E-state index is 13.2. The van der Waals surface area contributed by atoms with Crippen LogP contribution in [0.3, 0.4) is 0 Å². The number of benzene rings is 1. The third-order valence-electron chi connectivity index (χ3n) is 3.23. The fourth-order valence-corrected chi connectivity index (χ4v) is 1.92. The molecule has 1 unspecified atom stereocenters. The molecular weight excluding hydrogens is 231 g/mol. The smallest absolute Gasteiger partial charge is 0.268 e. The Hall–Kier alpha value is -1.84. The van der Waals surface area contributed by atoms with Gasteiger partial charge in [-0.1, -0.05) is 6.92 Å². The van der Waals surface area contributed by atoms with E-state index < -0.39 is 0 Å². The van der Waals surface area contributed by atoms with Gasteiger partial charge in [-0.05, 0) is 37.6 Å². The van der Waals surface area contributed by atoms with Gasteiger partial charge in [0.1, 0.15) is 11.5 Å². The number of nitrogens with zero attached hydrogens (tertiary/aromatic N) is 1. The van der Waals surface area contributed by atoms with Gasteiger partial charge in [0.05, 0.1) is 5.52 Å². The SMILES string of the molecule is CCC(C)NC(=O)c1cc2ccc(F)cc2n1C.